The first-order chi connectivity index (χ1) is 15.2. The number of methoxy groups -OCH3 is 1. The summed E-state index contributed by atoms with van der Waals surface area (Å²) < 4.78 is 11.7. The Bertz CT molecular complexity index is 1170. The van der Waals surface area contributed by atoms with Gasteiger partial charge < -0.3 is 14.8 Å². The lowest BCUT2D eigenvalue weighted by atomic mass is 10.1. The van der Waals surface area contributed by atoms with Gasteiger partial charge in [0.2, 0.25) is 0 Å². The number of halogens is 1. The summed E-state index contributed by atoms with van der Waals surface area (Å²) in [6, 6.07) is 26.9. The Kier molecular flexibility index (Phi) is 6.63. The molecule has 0 atom stereocenters. The van der Waals surface area contributed by atoms with Crippen LogP contribution in [0, 0.1) is 0 Å². The summed E-state index contributed by atoms with van der Waals surface area (Å²) in [5.74, 6) is 1.19. The van der Waals surface area contributed by atoms with Gasteiger partial charge >= 0.3 is 0 Å². The normalized spacial score (nSPS) is 10.8. The van der Waals surface area contributed by atoms with Crippen LogP contribution < -0.4 is 14.8 Å². The Morgan fingerprint density at radius 1 is 0.871 bits per heavy atom. The van der Waals surface area contributed by atoms with Crippen molar-refractivity contribution in [1.29, 1.82) is 0 Å². The van der Waals surface area contributed by atoms with Crippen molar-refractivity contribution in [3.05, 3.63) is 101 Å². The van der Waals surface area contributed by atoms with Gasteiger partial charge in [0.25, 0.3) is 0 Å². The third-order valence-electron chi connectivity index (χ3n) is 5.40. The van der Waals surface area contributed by atoms with Gasteiger partial charge in [0.05, 0.1) is 12.1 Å². The highest BCUT2D eigenvalue weighted by Crippen LogP contribution is 2.37. The van der Waals surface area contributed by atoms with E-state index in [1.54, 1.807) is 7.11 Å². The topological polar surface area (TPSA) is 30.5 Å². The number of fused-ring (bicyclic) bond motifs is 1. The highest BCUT2D eigenvalue weighted by molar-refractivity contribution is 6.32. The second-order valence-corrected chi connectivity index (χ2v) is 7.85. The third-order valence-corrected chi connectivity index (χ3v) is 5.68. The first-order valence-electron chi connectivity index (χ1n) is 10.5. The van der Waals surface area contributed by atoms with Crippen LogP contribution in [0.15, 0.2) is 78.9 Å². The fourth-order valence-corrected chi connectivity index (χ4v) is 3.93. The molecule has 4 rings (SSSR count). The molecule has 0 saturated carbocycles. The Hall–Kier alpha value is -3.17. The number of nitrogens with one attached hydrogen (secondary N) is 1. The van der Waals surface area contributed by atoms with Crippen molar-refractivity contribution in [1.82, 2.24) is 0 Å². The Morgan fingerprint density at radius 2 is 1.65 bits per heavy atom. The van der Waals surface area contributed by atoms with Gasteiger partial charge in [-0.3, -0.25) is 0 Å². The average Bonchev–Trinajstić information content (AvgIpc) is 2.82. The second-order valence-electron chi connectivity index (χ2n) is 7.44. The molecule has 0 aliphatic rings. The van der Waals surface area contributed by atoms with Crippen LogP contribution in [0.3, 0.4) is 0 Å². The molecule has 0 heterocycles. The zero-order chi connectivity index (χ0) is 21.6. The minimum Gasteiger partial charge on any atom is -0.493 e. The summed E-state index contributed by atoms with van der Waals surface area (Å²) in [5.41, 5.74) is 4.53. The summed E-state index contributed by atoms with van der Waals surface area (Å²) >= 11 is 6.59. The molecule has 4 aromatic carbocycles. The number of anilines is 1. The Balaban J connectivity index is 1.49. The lowest BCUT2D eigenvalue weighted by Crippen LogP contribution is -2.03. The van der Waals surface area contributed by atoms with Crippen molar-refractivity contribution in [2.45, 2.75) is 26.5 Å². The first kappa shape index (κ1) is 21.1. The molecule has 0 spiro atoms. The largest absolute Gasteiger partial charge is 0.493 e. The van der Waals surface area contributed by atoms with Crippen LogP contribution in [0.2, 0.25) is 5.02 Å². The second kappa shape index (κ2) is 9.76. The maximum atomic E-state index is 6.59. The van der Waals surface area contributed by atoms with Crippen LogP contribution in [0.25, 0.3) is 10.8 Å². The van der Waals surface area contributed by atoms with E-state index >= 15 is 0 Å². The molecule has 4 heteroatoms. The van der Waals surface area contributed by atoms with Crippen molar-refractivity contribution in [2.24, 2.45) is 0 Å². The monoisotopic (exact) mass is 431 g/mol. The molecule has 4 aromatic rings. The van der Waals surface area contributed by atoms with E-state index in [-0.39, 0.29) is 0 Å². The summed E-state index contributed by atoms with van der Waals surface area (Å²) in [7, 11) is 1.64. The fraction of sp³-hybridized carbons (Fsp3) is 0.185. The molecule has 0 saturated heterocycles. The zero-order valence-corrected chi connectivity index (χ0v) is 18.6. The predicted molar refractivity (Wildman–Crippen MR) is 129 cm³/mol. The summed E-state index contributed by atoms with van der Waals surface area (Å²) in [6.45, 7) is 3.21. The molecule has 0 amide bonds. The van der Waals surface area contributed by atoms with E-state index in [9.17, 15) is 0 Å². The molecule has 3 nitrogen and oxygen atoms in total. The van der Waals surface area contributed by atoms with Crippen LogP contribution in [-0.2, 0) is 19.6 Å². The smallest absolute Gasteiger partial charge is 0.180 e. The minimum atomic E-state index is 0.415. The third kappa shape index (κ3) is 4.95. The molecule has 0 unspecified atom stereocenters. The van der Waals surface area contributed by atoms with E-state index in [4.69, 9.17) is 21.1 Å². The van der Waals surface area contributed by atoms with Gasteiger partial charge in [-0.15, -0.1) is 0 Å². The maximum absolute atomic E-state index is 6.59. The standard InChI is InChI=1S/C27H26ClNO2/c1-3-19-11-13-23(14-12-19)29-17-20-15-25(28)27(26(16-20)30-2)31-18-22-9-6-8-21-7-4-5-10-24(21)22/h4-16,29H,3,17-18H2,1-2H3. The molecule has 1 N–H and O–H groups in total. The number of hydrogen-bond donors (Lipinski definition) is 1. The van der Waals surface area contributed by atoms with Crippen molar-refractivity contribution in [3.63, 3.8) is 0 Å². The van der Waals surface area contributed by atoms with Gasteiger partial charge in [0.1, 0.15) is 6.61 Å². The summed E-state index contributed by atoms with van der Waals surface area (Å²) in [5, 5.41) is 6.34. The van der Waals surface area contributed by atoms with E-state index in [0.29, 0.717) is 29.7 Å². The maximum Gasteiger partial charge on any atom is 0.180 e. The quantitative estimate of drug-likeness (QED) is 0.318. The number of benzene rings is 4. The molecular formula is C27H26ClNO2. The molecule has 158 valence electrons. The van der Waals surface area contributed by atoms with Crippen LogP contribution in [0.1, 0.15) is 23.6 Å². The highest BCUT2D eigenvalue weighted by atomic mass is 35.5. The number of ether oxygens (including phenoxy) is 2. The van der Waals surface area contributed by atoms with Gasteiger partial charge in [0, 0.05) is 12.2 Å². The highest BCUT2D eigenvalue weighted by Gasteiger charge is 2.13. The van der Waals surface area contributed by atoms with Gasteiger partial charge in [0.15, 0.2) is 11.5 Å². The molecule has 0 aliphatic carbocycles. The minimum absolute atomic E-state index is 0.415. The lowest BCUT2D eigenvalue weighted by Gasteiger charge is -2.16. The van der Waals surface area contributed by atoms with Crippen molar-refractivity contribution >= 4 is 28.1 Å². The zero-order valence-electron chi connectivity index (χ0n) is 17.8. The van der Waals surface area contributed by atoms with Crippen molar-refractivity contribution < 1.29 is 9.47 Å². The molecular weight excluding hydrogens is 406 g/mol. The average molecular weight is 432 g/mol. The van der Waals surface area contributed by atoms with Crippen LogP contribution in [0.4, 0.5) is 5.69 Å². The van der Waals surface area contributed by atoms with Crippen LogP contribution in [0.5, 0.6) is 11.5 Å². The molecule has 0 fully saturated rings. The molecule has 0 radical (unpaired) electrons. The SMILES string of the molecule is CCc1ccc(NCc2cc(Cl)c(OCc3cccc4ccccc34)c(OC)c2)cc1. The molecule has 0 aromatic heterocycles. The molecule has 31 heavy (non-hydrogen) atoms. The first-order valence-corrected chi connectivity index (χ1v) is 10.8. The van der Waals surface area contributed by atoms with E-state index < -0.39 is 0 Å². The van der Waals surface area contributed by atoms with E-state index in [1.807, 2.05) is 30.3 Å². The number of hydrogen-bond acceptors (Lipinski definition) is 3. The fourth-order valence-electron chi connectivity index (χ4n) is 3.65. The van der Waals surface area contributed by atoms with E-state index in [1.165, 1.54) is 16.3 Å². The Morgan fingerprint density at radius 3 is 2.42 bits per heavy atom. The van der Waals surface area contributed by atoms with E-state index in [0.717, 1.165) is 23.2 Å². The van der Waals surface area contributed by atoms with Crippen molar-refractivity contribution in [3.8, 4) is 11.5 Å². The van der Waals surface area contributed by atoms with Crippen LogP contribution in [-0.4, -0.2) is 7.11 Å². The number of aryl methyl sites for hydroxylation is 1. The van der Waals surface area contributed by atoms with Gasteiger partial charge in [-0.05, 0) is 58.1 Å². The lowest BCUT2D eigenvalue weighted by molar-refractivity contribution is 0.285. The molecule has 0 bridgehead atoms. The van der Waals surface area contributed by atoms with Gasteiger partial charge in [-0.2, -0.15) is 0 Å². The summed E-state index contributed by atoms with van der Waals surface area (Å²) in [6.07, 6.45) is 1.04. The molecule has 0 aliphatic heterocycles. The van der Waals surface area contributed by atoms with Crippen molar-refractivity contribution in [2.75, 3.05) is 12.4 Å². The van der Waals surface area contributed by atoms with E-state index in [2.05, 4.69) is 60.8 Å². The van der Waals surface area contributed by atoms with Gasteiger partial charge in [-0.25, -0.2) is 0 Å². The van der Waals surface area contributed by atoms with Crippen LogP contribution >= 0.6 is 11.6 Å². The Labute approximate surface area is 188 Å². The predicted octanol–water partition coefficient (Wildman–Crippen LogP) is 7.26. The number of rotatable bonds is 8. The summed E-state index contributed by atoms with van der Waals surface area (Å²) in [4.78, 5) is 0. The van der Waals surface area contributed by atoms with Gasteiger partial charge in [-0.1, -0.05) is 73.1 Å².